The van der Waals surface area contributed by atoms with Crippen LogP contribution in [0.25, 0.3) is 0 Å². The number of nitrogens with two attached hydrogens (primary N) is 1. The summed E-state index contributed by atoms with van der Waals surface area (Å²) >= 11 is 2.18. The molecule has 1 aliphatic heterocycles. The number of anilines is 2. The molecular formula is C9H13IN4. The van der Waals surface area contributed by atoms with Crippen molar-refractivity contribution in [3.05, 3.63) is 9.26 Å². The zero-order valence-corrected chi connectivity index (χ0v) is 10.3. The first-order valence-corrected chi connectivity index (χ1v) is 5.81. The summed E-state index contributed by atoms with van der Waals surface area (Å²) in [6.07, 6.45) is 2.46. The minimum absolute atomic E-state index is 0.597. The summed E-state index contributed by atoms with van der Waals surface area (Å²) in [7, 11) is 0. The predicted octanol–water partition coefficient (Wildman–Crippen LogP) is 1.57. The lowest BCUT2D eigenvalue weighted by Crippen LogP contribution is -2.21. The fourth-order valence-corrected chi connectivity index (χ4v) is 1.87. The highest BCUT2D eigenvalue weighted by Crippen LogP contribution is 2.21. The number of hydrogen-bond acceptors (Lipinski definition) is 4. The molecule has 1 saturated heterocycles. The number of halogens is 1. The van der Waals surface area contributed by atoms with Crippen LogP contribution in [0.2, 0.25) is 0 Å². The second-order valence-corrected chi connectivity index (χ2v) is 4.58. The molecule has 1 fully saturated rings. The van der Waals surface area contributed by atoms with E-state index in [2.05, 4.69) is 37.5 Å². The van der Waals surface area contributed by atoms with Crippen LogP contribution in [-0.2, 0) is 0 Å². The van der Waals surface area contributed by atoms with E-state index in [9.17, 15) is 0 Å². The highest BCUT2D eigenvalue weighted by Gasteiger charge is 2.16. The van der Waals surface area contributed by atoms with Crippen molar-refractivity contribution in [1.29, 1.82) is 0 Å². The van der Waals surface area contributed by atoms with Crippen LogP contribution in [0.15, 0.2) is 0 Å². The molecule has 5 heteroatoms. The van der Waals surface area contributed by atoms with Crippen molar-refractivity contribution in [2.75, 3.05) is 23.7 Å². The monoisotopic (exact) mass is 304 g/mol. The van der Waals surface area contributed by atoms with Gasteiger partial charge in [-0.25, -0.2) is 4.98 Å². The van der Waals surface area contributed by atoms with Crippen LogP contribution >= 0.6 is 22.6 Å². The minimum atomic E-state index is 0.597. The van der Waals surface area contributed by atoms with Gasteiger partial charge in [-0.1, -0.05) is 0 Å². The maximum absolute atomic E-state index is 5.80. The van der Waals surface area contributed by atoms with Gasteiger partial charge >= 0.3 is 0 Å². The summed E-state index contributed by atoms with van der Waals surface area (Å²) < 4.78 is 0.963. The standard InChI is InChI=1S/C9H13IN4/c1-6-7(10)8(11)13-9(12-6)14-4-2-3-5-14/h2-5H2,1H3,(H2,11,12,13). The van der Waals surface area contributed by atoms with Gasteiger partial charge in [0.1, 0.15) is 5.82 Å². The molecule has 0 aliphatic carbocycles. The van der Waals surface area contributed by atoms with E-state index in [0.717, 1.165) is 28.3 Å². The number of hydrogen-bond donors (Lipinski definition) is 1. The topological polar surface area (TPSA) is 55.0 Å². The maximum atomic E-state index is 5.80. The van der Waals surface area contributed by atoms with Gasteiger partial charge in [-0.2, -0.15) is 4.98 Å². The first-order valence-electron chi connectivity index (χ1n) is 4.73. The fourth-order valence-electron chi connectivity index (χ4n) is 1.62. The third kappa shape index (κ3) is 1.77. The Morgan fingerprint density at radius 1 is 1.29 bits per heavy atom. The summed E-state index contributed by atoms with van der Waals surface area (Å²) in [4.78, 5) is 10.9. The first-order chi connectivity index (χ1) is 6.68. The van der Waals surface area contributed by atoms with Gasteiger partial charge in [0.15, 0.2) is 0 Å². The molecule has 1 aliphatic rings. The van der Waals surface area contributed by atoms with Crippen LogP contribution in [0.5, 0.6) is 0 Å². The molecule has 4 nitrogen and oxygen atoms in total. The third-order valence-electron chi connectivity index (χ3n) is 2.42. The molecule has 0 saturated carbocycles. The number of rotatable bonds is 1. The molecule has 0 aromatic carbocycles. The Morgan fingerprint density at radius 3 is 2.50 bits per heavy atom. The van der Waals surface area contributed by atoms with Crippen molar-refractivity contribution in [3.63, 3.8) is 0 Å². The average molecular weight is 304 g/mol. The van der Waals surface area contributed by atoms with E-state index < -0.39 is 0 Å². The van der Waals surface area contributed by atoms with Gasteiger partial charge < -0.3 is 10.6 Å². The molecular weight excluding hydrogens is 291 g/mol. The Kier molecular flexibility index (Phi) is 2.76. The van der Waals surface area contributed by atoms with Crippen LogP contribution in [0.1, 0.15) is 18.5 Å². The largest absolute Gasteiger partial charge is 0.383 e. The minimum Gasteiger partial charge on any atom is -0.383 e. The fraction of sp³-hybridized carbons (Fsp3) is 0.556. The Labute approximate surface area is 97.1 Å². The Bertz CT molecular complexity index is 324. The van der Waals surface area contributed by atoms with E-state index in [-0.39, 0.29) is 0 Å². The normalized spacial score (nSPS) is 16.3. The van der Waals surface area contributed by atoms with E-state index in [0.29, 0.717) is 5.82 Å². The lowest BCUT2D eigenvalue weighted by molar-refractivity contribution is 0.888. The van der Waals surface area contributed by atoms with Gasteiger partial charge in [-0.05, 0) is 42.4 Å². The molecule has 0 bridgehead atoms. The molecule has 2 heterocycles. The van der Waals surface area contributed by atoms with Crippen molar-refractivity contribution >= 4 is 34.4 Å². The van der Waals surface area contributed by atoms with Crippen molar-refractivity contribution in [2.24, 2.45) is 0 Å². The Morgan fingerprint density at radius 2 is 1.93 bits per heavy atom. The van der Waals surface area contributed by atoms with E-state index in [1.807, 2.05) is 6.92 Å². The highest BCUT2D eigenvalue weighted by atomic mass is 127. The molecule has 0 amide bonds. The van der Waals surface area contributed by atoms with Crippen LogP contribution in [0.3, 0.4) is 0 Å². The molecule has 0 spiro atoms. The third-order valence-corrected chi connectivity index (χ3v) is 3.75. The number of nitrogens with zero attached hydrogens (tertiary/aromatic N) is 3. The average Bonchev–Trinajstić information content (AvgIpc) is 2.66. The van der Waals surface area contributed by atoms with Crippen LogP contribution in [0.4, 0.5) is 11.8 Å². The van der Waals surface area contributed by atoms with Gasteiger partial charge in [-0.15, -0.1) is 0 Å². The molecule has 0 atom stereocenters. The molecule has 76 valence electrons. The summed E-state index contributed by atoms with van der Waals surface area (Å²) in [5.74, 6) is 1.39. The van der Waals surface area contributed by atoms with E-state index in [1.54, 1.807) is 0 Å². The van der Waals surface area contributed by atoms with Crippen LogP contribution < -0.4 is 10.6 Å². The second kappa shape index (κ2) is 3.88. The molecule has 14 heavy (non-hydrogen) atoms. The zero-order valence-electron chi connectivity index (χ0n) is 8.13. The molecule has 2 rings (SSSR count). The first kappa shape index (κ1) is 9.95. The smallest absolute Gasteiger partial charge is 0.227 e. The van der Waals surface area contributed by atoms with Crippen LogP contribution in [-0.4, -0.2) is 23.1 Å². The van der Waals surface area contributed by atoms with Gasteiger partial charge in [0.05, 0.1) is 9.26 Å². The number of nitrogen functional groups attached to an aromatic ring is 1. The molecule has 0 unspecified atom stereocenters. The Hall–Kier alpha value is -0.590. The van der Waals surface area contributed by atoms with E-state index in [4.69, 9.17) is 5.73 Å². The van der Waals surface area contributed by atoms with E-state index >= 15 is 0 Å². The molecule has 1 aromatic heterocycles. The summed E-state index contributed by atoms with van der Waals surface area (Å²) in [6, 6.07) is 0. The van der Waals surface area contributed by atoms with Crippen molar-refractivity contribution < 1.29 is 0 Å². The second-order valence-electron chi connectivity index (χ2n) is 3.50. The van der Waals surface area contributed by atoms with Gasteiger partial charge in [0.2, 0.25) is 5.95 Å². The number of aromatic nitrogens is 2. The lowest BCUT2D eigenvalue weighted by Gasteiger charge is -2.16. The molecule has 2 N–H and O–H groups in total. The summed E-state index contributed by atoms with van der Waals surface area (Å²) in [5, 5.41) is 0. The lowest BCUT2D eigenvalue weighted by atomic mass is 10.4. The highest BCUT2D eigenvalue weighted by molar-refractivity contribution is 14.1. The molecule has 1 aromatic rings. The van der Waals surface area contributed by atoms with Crippen molar-refractivity contribution in [1.82, 2.24) is 9.97 Å². The van der Waals surface area contributed by atoms with Gasteiger partial charge in [0, 0.05) is 13.1 Å². The SMILES string of the molecule is Cc1nc(N2CCCC2)nc(N)c1I. The van der Waals surface area contributed by atoms with E-state index in [1.165, 1.54) is 12.8 Å². The predicted molar refractivity (Wildman–Crippen MR) is 65.3 cm³/mol. The Balaban J connectivity index is 2.34. The quantitative estimate of drug-likeness (QED) is 0.800. The zero-order chi connectivity index (χ0) is 10.1. The summed E-state index contributed by atoms with van der Waals surface area (Å²) in [6.45, 7) is 4.08. The van der Waals surface area contributed by atoms with Crippen LogP contribution in [0, 0.1) is 10.5 Å². The maximum Gasteiger partial charge on any atom is 0.227 e. The van der Waals surface area contributed by atoms with Crippen molar-refractivity contribution in [3.8, 4) is 0 Å². The molecule has 0 radical (unpaired) electrons. The van der Waals surface area contributed by atoms with Gasteiger partial charge in [-0.3, -0.25) is 0 Å². The number of aryl methyl sites for hydroxylation is 1. The van der Waals surface area contributed by atoms with Crippen molar-refractivity contribution in [2.45, 2.75) is 19.8 Å². The summed E-state index contributed by atoms with van der Waals surface area (Å²) in [5.41, 5.74) is 6.78. The van der Waals surface area contributed by atoms with Gasteiger partial charge in [0.25, 0.3) is 0 Å².